The van der Waals surface area contributed by atoms with Gasteiger partial charge in [-0.3, -0.25) is 0 Å². The Balaban J connectivity index is 0.976. The summed E-state index contributed by atoms with van der Waals surface area (Å²) in [6.45, 7) is 0. The van der Waals surface area contributed by atoms with Gasteiger partial charge in [0, 0.05) is 33.5 Å². The van der Waals surface area contributed by atoms with Crippen molar-refractivity contribution in [3.63, 3.8) is 0 Å². The van der Waals surface area contributed by atoms with Crippen LogP contribution in [0.3, 0.4) is 0 Å². The fourth-order valence-corrected chi connectivity index (χ4v) is 10.6. The summed E-state index contributed by atoms with van der Waals surface area (Å²) < 4.78 is 2.38. The number of hydrogen-bond donors (Lipinski definition) is 0. The zero-order chi connectivity index (χ0) is 45.0. The summed E-state index contributed by atoms with van der Waals surface area (Å²) in [6, 6.07) is 97.6. The Labute approximate surface area is 395 Å². The molecule has 0 radical (unpaired) electrons. The monoisotopic (exact) mass is 864 g/mol. The average molecular weight is 865 g/mol. The lowest BCUT2D eigenvalue weighted by molar-refractivity contribution is 1.18. The van der Waals surface area contributed by atoms with E-state index in [9.17, 15) is 0 Å². The van der Waals surface area contributed by atoms with Gasteiger partial charge in [-0.15, -0.1) is 0 Å². The van der Waals surface area contributed by atoms with E-state index in [1.807, 2.05) is 0 Å². The van der Waals surface area contributed by atoms with Gasteiger partial charge in [-0.05, 0) is 150 Å². The fourth-order valence-electron chi connectivity index (χ4n) is 10.6. The molecular weight excluding hydrogens is 821 g/mol. The Bertz CT molecular complexity index is 4020. The van der Waals surface area contributed by atoms with Gasteiger partial charge in [0.05, 0.1) is 11.0 Å². The van der Waals surface area contributed by atoms with Crippen molar-refractivity contribution in [1.82, 2.24) is 4.57 Å². The third-order valence-electron chi connectivity index (χ3n) is 13.7. The van der Waals surface area contributed by atoms with E-state index in [1.54, 1.807) is 0 Å². The van der Waals surface area contributed by atoms with Crippen molar-refractivity contribution < 1.29 is 0 Å². The maximum Gasteiger partial charge on any atom is 0.0541 e. The molecule has 318 valence electrons. The second-order valence-corrected chi connectivity index (χ2v) is 17.7. The number of benzene rings is 12. The molecule has 0 fully saturated rings. The smallest absolute Gasteiger partial charge is 0.0541 e. The lowest BCUT2D eigenvalue weighted by atomic mass is 9.84. The van der Waals surface area contributed by atoms with Crippen LogP contribution in [0.25, 0.3) is 104 Å². The standard InChI is InChI=1S/C66H44N2/c1-4-19-46(20-5-1)65-60-32-13-12-30-57(60)58-38-35-51(44-62(58)66(65)47-21-6-2-7-22-47)49-24-16-28-54(41-49)67(56-37-34-45-18-10-11-23-48(45)40-56)55-29-17-25-50(42-55)52-36-39-64-61(43-52)59-31-14-15-33-63(59)68(64)53-26-8-3-9-27-53/h1-44H. The van der Waals surface area contributed by atoms with Gasteiger partial charge in [0.2, 0.25) is 0 Å². The first-order valence-electron chi connectivity index (χ1n) is 23.4. The number of para-hydroxylation sites is 2. The van der Waals surface area contributed by atoms with E-state index in [2.05, 4.69) is 276 Å². The van der Waals surface area contributed by atoms with Crippen LogP contribution in [0.15, 0.2) is 267 Å². The van der Waals surface area contributed by atoms with E-state index < -0.39 is 0 Å². The molecule has 0 N–H and O–H groups in total. The predicted molar refractivity (Wildman–Crippen MR) is 290 cm³/mol. The molecule has 1 heterocycles. The van der Waals surface area contributed by atoms with Gasteiger partial charge in [0.15, 0.2) is 0 Å². The highest BCUT2D eigenvalue weighted by Gasteiger charge is 2.20. The van der Waals surface area contributed by atoms with Crippen molar-refractivity contribution in [3.8, 4) is 50.2 Å². The van der Waals surface area contributed by atoms with Crippen LogP contribution in [-0.2, 0) is 0 Å². The summed E-state index contributed by atoms with van der Waals surface area (Å²) in [5.41, 5.74) is 16.4. The van der Waals surface area contributed by atoms with Gasteiger partial charge in [0.25, 0.3) is 0 Å². The minimum atomic E-state index is 1.09. The summed E-state index contributed by atoms with van der Waals surface area (Å²) in [6.07, 6.45) is 0. The summed E-state index contributed by atoms with van der Waals surface area (Å²) in [4.78, 5) is 2.41. The quantitative estimate of drug-likeness (QED) is 0.138. The first kappa shape index (κ1) is 39.4. The summed E-state index contributed by atoms with van der Waals surface area (Å²) in [5, 5.41) is 9.89. The van der Waals surface area contributed by atoms with Gasteiger partial charge in [-0.25, -0.2) is 0 Å². The van der Waals surface area contributed by atoms with Crippen molar-refractivity contribution >= 4 is 71.2 Å². The van der Waals surface area contributed by atoms with Gasteiger partial charge in [-0.2, -0.15) is 0 Å². The second kappa shape index (κ2) is 16.5. The van der Waals surface area contributed by atoms with Crippen molar-refractivity contribution in [3.05, 3.63) is 267 Å². The molecule has 0 spiro atoms. The fraction of sp³-hybridized carbons (Fsp3) is 0. The highest BCUT2D eigenvalue weighted by atomic mass is 15.1. The second-order valence-electron chi connectivity index (χ2n) is 17.7. The topological polar surface area (TPSA) is 8.17 Å². The molecule has 1 aromatic heterocycles. The van der Waals surface area contributed by atoms with Crippen molar-refractivity contribution in [2.45, 2.75) is 0 Å². The Morgan fingerprint density at radius 3 is 1.40 bits per heavy atom. The number of fused-ring (bicyclic) bond motifs is 7. The Hall–Kier alpha value is -8.98. The zero-order valence-corrected chi connectivity index (χ0v) is 37.3. The van der Waals surface area contributed by atoms with Gasteiger partial charge < -0.3 is 9.47 Å². The molecule has 0 bridgehead atoms. The van der Waals surface area contributed by atoms with E-state index in [0.717, 1.165) is 33.9 Å². The molecule has 13 rings (SSSR count). The third kappa shape index (κ3) is 6.73. The lowest BCUT2D eigenvalue weighted by Crippen LogP contribution is -2.10. The summed E-state index contributed by atoms with van der Waals surface area (Å²) in [5.74, 6) is 0. The van der Waals surface area contributed by atoms with Crippen LogP contribution in [0.4, 0.5) is 17.1 Å². The van der Waals surface area contributed by atoms with E-state index in [4.69, 9.17) is 0 Å². The molecule has 0 amide bonds. The summed E-state index contributed by atoms with van der Waals surface area (Å²) in [7, 11) is 0. The molecule has 2 nitrogen and oxygen atoms in total. The minimum absolute atomic E-state index is 1.09. The van der Waals surface area contributed by atoms with Crippen LogP contribution in [0, 0.1) is 0 Å². The predicted octanol–water partition coefficient (Wildman–Crippen LogP) is 18.4. The zero-order valence-electron chi connectivity index (χ0n) is 37.3. The van der Waals surface area contributed by atoms with Crippen molar-refractivity contribution in [2.75, 3.05) is 4.90 Å². The molecule has 2 heteroatoms. The Morgan fingerprint density at radius 2 is 0.706 bits per heavy atom. The molecule has 13 aromatic rings. The van der Waals surface area contributed by atoms with E-state index in [0.29, 0.717) is 0 Å². The average Bonchev–Trinajstić information content (AvgIpc) is 3.75. The largest absolute Gasteiger partial charge is 0.310 e. The molecular formula is C66H44N2. The van der Waals surface area contributed by atoms with Crippen LogP contribution in [0.2, 0.25) is 0 Å². The number of aromatic nitrogens is 1. The molecule has 0 aliphatic rings. The van der Waals surface area contributed by atoms with Crippen LogP contribution >= 0.6 is 0 Å². The molecule has 68 heavy (non-hydrogen) atoms. The molecule has 0 saturated heterocycles. The lowest BCUT2D eigenvalue weighted by Gasteiger charge is -2.27. The maximum absolute atomic E-state index is 2.42. The highest BCUT2D eigenvalue weighted by Crippen LogP contribution is 2.46. The van der Waals surface area contributed by atoms with E-state index >= 15 is 0 Å². The van der Waals surface area contributed by atoms with E-state index in [1.165, 1.54) is 87.5 Å². The molecule has 12 aromatic carbocycles. The Morgan fingerprint density at radius 1 is 0.235 bits per heavy atom. The first-order valence-corrected chi connectivity index (χ1v) is 23.4. The van der Waals surface area contributed by atoms with Crippen molar-refractivity contribution in [1.29, 1.82) is 0 Å². The van der Waals surface area contributed by atoms with E-state index in [-0.39, 0.29) is 0 Å². The number of hydrogen-bond acceptors (Lipinski definition) is 1. The van der Waals surface area contributed by atoms with Crippen LogP contribution < -0.4 is 4.90 Å². The van der Waals surface area contributed by atoms with Crippen LogP contribution in [-0.4, -0.2) is 4.57 Å². The normalized spacial score (nSPS) is 11.5. The van der Waals surface area contributed by atoms with Gasteiger partial charge >= 0.3 is 0 Å². The molecule has 0 aliphatic heterocycles. The molecule has 0 aliphatic carbocycles. The van der Waals surface area contributed by atoms with Gasteiger partial charge in [0.1, 0.15) is 0 Å². The third-order valence-corrected chi connectivity index (χ3v) is 13.7. The van der Waals surface area contributed by atoms with Crippen molar-refractivity contribution in [2.24, 2.45) is 0 Å². The molecule has 0 saturated carbocycles. The number of rotatable bonds is 8. The van der Waals surface area contributed by atoms with Crippen LogP contribution in [0.5, 0.6) is 0 Å². The molecule has 0 unspecified atom stereocenters. The maximum atomic E-state index is 2.42. The first-order chi connectivity index (χ1) is 33.7. The van der Waals surface area contributed by atoms with Crippen LogP contribution in [0.1, 0.15) is 0 Å². The summed E-state index contributed by atoms with van der Waals surface area (Å²) >= 11 is 0. The Kier molecular flexibility index (Phi) is 9.54. The minimum Gasteiger partial charge on any atom is -0.310 e. The SMILES string of the molecule is c1ccc(-c2c(-c3ccccc3)c3cc(-c4cccc(N(c5cccc(-c6ccc7c(c6)c6ccccc6n7-c6ccccc6)c5)c5ccc6ccccc6c5)c4)ccc3c3ccccc23)cc1. The van der Waals surface area contributed by atoms with Gasteiger partial charge in [-0.1, -0.05) is 194 Å². The molecule has 0 atom stereocenters. The number of nitrogens with zero attached hydrogens (tertiary/aromatic N) is 2. The number of anilines is 3. The highest BCUT2D eigenvalue weighted by molar-refractivity contribution is 6.22.